The second-order valence-corrected chi connectivity index (χ2v) is 3.62. The summed E-state index contributed by atoms with van der Waals surface area (Å²) in [6.45, 7) is 4.12. The molecule has 18 heavy (non-hydrogen) atoms. The molecule has 1 aromatic rings. The van der Waals surface area contributed by atoms with Crippen LogP contribution in [0, 0.1) is 10.1 Å². The standard InChI is InChI=1S/C12H18N2O4/c1-3-18-8-4-7-13-10-5-6-11(14(15)16)12(9-10)17-2/h5-6,9,13H,3-4,7-8H2,1-2H3. The van der Waals surface area contributed by atoms with Crippen LogP contribution in [0.15, 0.2) is 18.2 Å². The number of nitro groups is 1. The molecule has 0 heterocycles. The average molecular weight is 254 g/mol. The summed E-state index contributed by atoms with van der Waals surface area (Å²) in [5.74, 6) is 0.259. The summed E-state index contributed by atoms with van der Waals surface area (Å²) in [7, 11) is 1.42. The van der Waals surface area contributed by atoms with E-state index >= 15 is 0 Å². The highest BCUT2D eigenvalue weighted by Gasteiger charge is 2.14. The van der Waals surface area contributed by atoms with E-state index in [1.807, 2.05) is 6.92 Å². The van der Waals surface area contributed by atoms with Crippen LogP contribution >= 0.6 is 0 Å². The fourth-order valence-electron chi connectivity index (χ4n) is 1.49. The lowest BCUT2D eigenvalue weighted by Gasteiger charge is -2.08. The fraction of sp³-hybridized carbons (Fsp3) is 0.500. The van der Waals surface area contributed by atoms with E-state index in [4.69, 9.17) is 9.47 Å². The molecule has 0 saturated carbocycles. The smallest absolute Gasteiger partial charge is 0.311 e. The molecule has 0 amide bonds. The van der Waals surface area contributed by atoms with Gasteiger partial charge in [-0.15, -0.1) is 0 Å². The molecule has 0 aliphatic rings. The van der Waals surface area contributed by atoms with Crippen LogP contribution in [0.4, 0.5) is 11.4 Å². The van der Waals surface area contributed by atoms with E-state index in [2.05, 4.69) is 5.32 Å². The molecule has 6 heteroatoms. The highest BCUT2D eigenvalue weighted by atomic mass is 16.6. The number of anilines is 1. The minimum Gasteiger partial charge on any atom is -0.490 e. The van der Waals surface area contributed by atoms with Crippen LogP contribution in [0.2, 0.25) is 0 Å². The number of benzene rings is 1. The van der Waals surface area contributed by atoms with Crippen molar-refractivity contribution in [3.63, 3.8) is 0 Å². The number of rotatable bonds is 8. The van der Waals surface area contributed by atoms with Gasteiger partial charge >= 0.3 is 5.69 Å². The van der Waals surface area contributed by atoms with Gasteiger partial charge in [-0.05, 0) is 19.4 Å². The summed E-state index contributed by atoms with van der Waals surface area (Å²) in [4.78, 5) is 10.3. The highest BCUT2D eigenvalue weighted by Crippen LogP contribution is 2.29. The van der Waals surface area contributed by atoms with Gasteiger partial charge in [0.25, 0.3) is 0 Å². The van der Waals surface area contributed by atoms with E-state index in [0.717, 1.165) is 18.7 Å². The zero-order chi connectivity index (χ0) is 13.4. The monoisotopic (exact) mass is 254 g/mol. The lowest BCUT2D eigenvalue weighted by molar-refractivity contribution is -0.385. The molecule has 1 rings (SSSR count). The fourth-order valence-corrected chi connectivity index (χ4v) is 1.49. The molecule has 0 radical (unpaired) electrons. The number of methoxy groups -OCH3 is 1. The van der Waals surface area contributed by atoms with Gasteiger partial charge < -0.3 is 14.8 Å². The number of ether oxygens (including phenoxy) is 2. The first kappa shape index (κ1) is 14.2. The molecule has 0 bridgehead atoms. The molecule has 100 valence electrons. The Morgan fingerprint density at radius 2 is 2.22 bits per heavy atom. The van der Waals surface area contributed by atoms with E-state index in [0.29, 0.717) is 13.2 Å². The van der Waals surface area contributed by atoms with E-state index in [-0.39, 0.29) is 11.4 Å². The van der Waals surface area contributed by atoms with Gasteiger partial charge in [-0.1, -0.05) is 0 Å². The Morgan fingerprint density at radius 1 is 1.44 bits per heavy atom. The molecule has 0 aromatic heterocycles. The summed E-state index contributed by atoms with van der Waals surface area (Å²) in [5.41, 5.74) is 0.770. The van der Waals surface area contributed by atoms with Crippen LogP contribution in [0.1, 0.15) is 13.3 Å². The minimum atomic E-state index is -0.461. The Hall–Kier alpha value is -1.82. The normalized spacial score (nSPS) is 10.1. The quantitative estimate of drug-likeness (QED) is 0.438. The van der Waals surface area contributed by atoms with Gasteiger partial charge in [0.15, 0.2) is 5.75 Å². The first-order valence-corrected chi connectivity index (χ1v) is 5.83. The molecule has 0 atom stereocenters. The molecule has 1 N–H and O–H groups in total. The van der Waals surface area contributed by atoms with E-state index in [9.17, 15) is 10.1 Å². The SMILES string of the molecule is CCOCCCNc1ccc([N+](=O)[O-])c(OC)c1. The van der Waals surface area contributed by atoms with Crippen molar-refractivity contribution < 1.29 is 14.4 Å². The Balaban J connectivity index is 2.54. The maximum Gasteiger partial charge on any atom is 0.311 e. The van der Waals surface area contributed by atoms with E-state index in [1.165, 1.54) is 13.2 Å². The van der Waals surface area contributed by atoms with Crippen molar-refractivity contribution in [2.45, 2.75) is 13.3 Å². The lowest BCUT2D eigenvalue weighted by atomic mass is 10.2. The molecule has 6 nitrogen and oxygen atoms in total. The molecule has 1 aromatic carbocycles. The van der Waals surface area contributed by atoms with E-state index < -0.39 is 4.92 Å². The van der Waals surface area contributed by atoms with Gasteiger partial charge in [-0.3, -0.25) is 10.1 Å². The maximum atomic E-state index is 10.7. The van der Waals surface area contributed by atoms with Crippen LogP contribution in [0.5, 0.6) is 5.75 Å². The number of nitrogens with one attached hydrogen (secondary N) is 1. The Labute approximate surface area is 106 Å². The van der Waals surface area contributed by atoms with Crippen molar-refractivity contribution in [3.8, 4) is 5.75 Å². The molecule has 0 aliphatic heterocycles. The number of nitrogens with zero attached hydrogens (tertiary/aromatic N) is 1. The second kappa shape index (κ2) is 7.50. The van der Waals surface area contributed by atoms with Crippen molar-refractivity contribution >= 4 is 11.4 Å². The summed E-state index contributed by atoms with van der Waals surface area (Å²) in [6.07, 6.45) is 0.882. The van der Waals surface area contributed by atoms with Crippen molar-refractivity contribution in [3.05, 3.63) is 28.3 Å². The number of nitro benzene ring substituents is 1. The molecule has 0 aliphatic carbocycles. The van der Waals surface area contributed by atoms with Crippen molar-refractivity contribution in [1.29, 1.82) is 0 Å². The Morgan fingerprint density at radius 3 is 2.83 bits per heavy atom. The predicted molar refractivity (Wildman–Crippen MR) is 69.2 cm³/mol. The summed E-state index contributed by atoms with van der Waals surface area (Å²) in [5, 5.41) is 13.9. The zero-order valence-corrected chi connectivity index (χ0v) is 10.6. The molecule has 0 saturated heterocycles. The first-order valence-electron chi connectivity index (χ1n) is 5.83. The van der Waals surface area contributed by atoms with Crippen molar-refractivity contribution in [2.75, 3.05) is 32.2 Å². The molecule has 0 spiro atoms. The van der Waals surface area contributed by atoms with Gasteiger partial charge in [-0.25, -0.2) is 0 Å². The van der Waals surface area contributed by atoms with Gasteiger partial charge in [0.2, 0.25) is 0 Å². The molecular weight excluding hydrogens is 236 g/mol. The third-order valence-electron chi connectivity index (χ3n) is 2.38. The minimum absolute atomic E-state index is 0.0302. The topological polar surface area (TPSA) is 73.6 Å². The number of hydrogen-bond donors (Lipinski definition) is 1. The van der Waals surface area contributed by atoms with Crippen molar-refractivity contribution in [1.82, 2.24) is 0 Å². The van der Waals surface area contributed by atoms with Gasteiger partial charge in [-0.2, -0.15) is 0 Å². The summed E-state index contributed by atoms with van der Waals surface area (Å²) >= 11 is 0. The van der Waals surface area contributed by atoms with Crippen LogP contribution in [0.3, 0.4) is 0 Å². The van der Waals surface area contributed by atoms with E-state index in [1.54, 1.807) is 12.1 Å². The molecular formula is C12H18N2O4. The predicted octanol–water partition coefficient (Wildman–Crippen LogP) is 2.44. The molecule has 0 unspecified atom stereocenters. The van der Waals surface area contributed by atoms with Gasteiger partial charge in [0, 0.05) is 37.6 Å². The van der Waals surface area contributed by atoms with Crippen LogP contribution in [-0.4, -0.2) is 31.8 Å². The summed E-state index contributed by atoms with van der Waals surface area (Å²) < 4.78 is 10.2. The third-order valence-corrected chi connectivity index (χ3v) is 2.38. The van der Waals surface area contributed by atoms with Gasteiger partial charge in [0.05, 0.1) is 12.0 Å². The first-order chi connectivity index (χ1) is 8.69. The van der Waals surface area contributed by atoms with Crippen LogP contribution in [-0.2, 0) is 4.74 Å². The third kappa shape index (κ3) is 4.21. The number of hydrogen-bond acceptors (Lipinski definition) is 5. The summed E-state index contributed by atoms with van der Waals surface area (Å²) in [6, 6.07) is 4.73. The maximum absolute atomic E-state index is 10.7. The zero-order valence-electron chi connectivity index (χ0n) is 10.6. The van der Waals surface area contributed by atoms with Gasteiger partial charge in [0.1, 0.15) is 0 Å². The second-order valence-electron chi connectivity index (χ2n) is 3.62. The average Bonchev–Trinajstić information content (AvgIpc) is 2.38. The Bertz CT molecular complexity index is 396. The van der Waals surface area contributed by atoms with Crippen LogP contribution in [0.25, 0.3) is 0 Å². The molecule has 0 fully saturated rings. The highest BCUT2D eigenvalue weighted by molar-refractivity contribution is 5.57. The van der Waals surface area contributed by atoms with Crippen LogP contribution < -0.4 is 10.1 Å². The largest absolute Gasteiger partial charge is 0.490 e. The van der Waals surface area contributed by atoms with Crippen molar-refractivity contribution in [2.24, 2.45) is 0 Å². The lowest BCUT2D eigenvalue weighted by Crippen LogP contribution is -2.06. The Kier molecular flexibility index (Phi) is 5.93.